The van der Waals surface area contributed by atoms with Gasteiger partial charge in [0.05, 0.1) is 70.5 Å². The minimum absolute atomic E-state index is 0.573. The molecule has 0 unspecified atom stereocenters. The number of nitriles is 1. The molecule has 0 N–H and O–H groups in total. The van der Waals surface area contributed by atoms with E-state index in [-0.39, 0.29) is 0 Å². The molecule has 88 heavy (non-hydrogen) atoms. The van der Waals surface area contributed by atoms with Gasteiger partial charge in [0.1, 0.15) is 0 Å². The molecule has 0 saturated heterocycles. The van der Waals surface area contributed by atoms with Crippen molar-refractivity contribution in [1.29, 1.82) is 5.26 Å². The first kappa shape index (κ1) is 52.1. The van der Waals surface area contributed by atoms with Crippen LogP contribution in [-0.4, -0.2) is 19.1 Å². The van der Waals surface area contributed by atoms with Crippen molar-refractivity contribution < 1.29 is 0 Å². The summed E-state index contributed by atoms with van der Waals surface area (Å²) in [5.41, 5.74) is 22.3. The zero-order chi connectivity index (χ0) is 59.2. The number of nitrogens with zero attached hydrogens (tertiary/aromatic N) is 8. The molecule has 0 fully saturated rings. The lowest BCUT2D eigenvalue weighted by molar-refractivity contribution is 1.16. The van der Waals surface area contributed by atoms with Crippen molar-refractivity contribution in [3.63, 3.8) is 0 Å². The second-order valence-corrected chi connectivity index (χ2v) is 21.8. The molecule has 0 aliphatic rings. The fraction of sp³-hybridized carbons (Fsp3) is 0. The van der Waals surface area contributed by atoms with E-state index < -0.39 is 0 Å². The minimum atomic E-state index is 0.573. The van der Waals surface area contributed by atoms with Gasteiger partial charge in [-0.1, -0.05) is 170 Å². The first-order chi connectivity index (χ1) is 43.4. The molecule has 0 bridgehead atoms. The Balaban J connectivity index is 0.983. The van der Waals surface area contributed by atoms with Crippen LogP contribution in [0.15, 0.2) is 279 Å². The van der Waals surface area contributed by atoms with Gasteiger partial charge < -0.3 is 9.13 Å². The lowest BCUT2D eigenvalue weighted by atomic mass is 9.97. The van der Waals surface area contributed by atoms with E-state index in [1.165, 1.54) is 0 Å². The average Bonchev–Trinajstić information content (AvgIpc) is 1.81. The summed E-state index contributed by atoms with van der Waals surface area (Å²) in [6.07, 6.45) is 0. The highest BCUT2D eigenvalue weighted by Crippen LogP contribution is 2.44. The van der Waals surface area contributed by atoms with E-state index in [9.17, 15) is 5.26 Å². The molecule has 0 spiro atoms. The van der Waals surface area contributed by atoms with Crippen LogP contribution in [0.3, 0.4) is 0 Å². The monoisotopic (exact) mass is 1120 g/mol. The summed E-state index contributed by atoms with van der Waals surface area (Å²) in [7, 11) is 0. The predicted octanol–water partition coefficient (Wildman–Crippen LogP) is 21.5. The Bertz CT molecular complexity index is 5220. The van der Waals surface area contributed by atoms with Gasteiger partial charge in [-0.3, -0.25) is 0 Å². The van der Waals surface area contributed by atoms with Gasteiger partial charge in [-0.25, -0.2) is 24.5 Å². The molecule has 0 saturated carbocycles. The van der Waals surface area contributed by atoms with E-state index in [2.05, 4.69) is 181 Å². The van der Waals surface area contributed by atoms with Gasteiger partial charge in [-0.15, -0.1) is 0 Å². The van der Waals surface area contributed by atoms with Gasteiger partial charge in [0, 0.05) is 49.5 Å². The molecule has 3 aromatic heterocycles. The average molecular weight is 1120 g/mol. The van der Waals surface area contributed by atoms with Gasteiger partial charge in [-0.05, 0) is 159 Å². The van der Waals surface area contributed by atoms with E-state index in [4.69, 9.17) is 29.7 Å². The van der Waals surface area contributed by atoms with Gasteiger partial charge in [-0.2, -0.15) is 5.26 Å². The number of benzene rings is 12. The van der Waals surface area contributed by atoms with Gasteiger partial charge in [0.2, 0.25) is 0 Å². The SMILES string of the molecule is [C-]#[N+]c1cccc(-c2ccc3c(c2)c2cc(-c4cccc([N+]#[C-])c4)ccc2n3-c2cccc(-c3cc(-c4cc(-c5ccccc5)nc(-c5ccccc5)n4)ccc3-n3c4ccc(-c5cccc(C#N)c5)cc4c4cc(-c5cccc([N+]#[C-])c5)ccc43)c2)c1. The highest BCUT2D eigenvalue weighted by Gasteiger charge is 2.22. The highest BCUT2D eigenvalue weighted by molar-refractivity contribution is 6.13. The zero-order valence-corrected chi connectivity index (χ0v) is 47.1. The maximum Gasteiger partial charge on any atom is 0.187 e. The molecule has 0 atom stereocenters. The first-order valence-electron chi connectivity index (χ1n) is 28.7. The number of fused-ring (bicyclic) bond motifs is 6. The van der Waals surface area contributed by atoms with E-state index in [0.717, 1.165) is 139 Å². The summed E-state index contributed by atoms with van der Waals surface area (Å²) < 4.78 is 4.71. The van der Waals surface area contributed by atoms with Crippen LogP contribution < -0.4 is 0 Å². The molecular formula is C80H46N8. The quantitative estimate of drug-likeness (QED) is 0.128. The van der Waals surface area contributed by atoms with E-state index in [0.29, 0.717) is 28.5 Å². The summed E-state index contributed by atoms with van der Waals surface area (Å²) in [4.78, 5) is 21.8. The molecule has 0 aliphatic carbocycles. The standard InChI is InChI=1S/C80H46N8/c1-82-64-25-11-21-55(40-64)59-29-34-76-69(45-59)70-46-60(56-22-12-26-65(41-56)83-2)30-35-77(70)87(76)67-28-14-24-62(43-67)68-48-63(74-49-73(52-16-6-4-7-17-52)85-80(86-74)53-18-8-5-9-19-53)33-38-75(68)88-78-36-31-58(54-20-10-15-51(39-54)50-81)44-71(78)72-47-61(32-37-79(72)88)57-23-13-27-66(42-57)84-3/h4-49H. The van der Waals surface area contributed by atoms with Crippen molar-refractivity contribution in [3.05, 3.63) is 319 Å². The van der Waals surface area contributed by atoms with Crippen LogP contribution >= 0.6 is 0 Å². The van der Waals surface area contributed by atoms with Crippen LogP contribution in [0.1, 0.15) is 5.56 Å². The maximum atomic E-state index is 9.97. The predicted molar refractivity (Wildman–Crippen MR) is 358 cm³/mol. The van der Waals surface area contributed by atoms with Crippen molar-refractivity contribution in [1.82, 2.24) is 19.1 Å². The molecule has 15 aromatic rings. The molecule has 8 heteroatoms. The Morgan fingerprint density at radius 1 is 0.307 bits per heavy atom. The number of hydrogen-bond donors (Lipinski definition) is 0. The van der Waals surface area contributed by atoms with Crippen LogP contribution in [0.25, 0.3) is 159 Å². The number of rotatable bonds is 10. The van der Waals surface area contributed by atoms with Crippen LogP contribution in [0.2, 0.25) is 0 Å². The Hall–Kier alpha value is -12.7. The highest BCUT2D eigenvalue weighted by atomic mass is 15.0. The van der Waals surface area contributed by atoms with Crippen LogP contribution in [0.5, 0.6) is 0 Å². The van der Waals surface area contributed by atoms with E-state index >= 15 is 0 Å². The summed E-state index contributed by atoms with van der Waals surface area (Å²) in [6, 6.07) is 97.5. The van der Waals surface area contributed by atoms with Gasteiger partial charge >= 0.3 is 0 Å². The molecule has 3 heterocycles. The van der Waals surface area contributed by atoms with Crippen molar-refractivity contribution in [3.8, 4) is 107 Å². The Labute approximate surface area is 508 Å². The number of hydrogen-bond acceptors (Lipinski definition) is 3. The van der Waals surface area contributed by atoms with E-state index in [1.54, 1.807) is 0 Å². The summed E-state index contributed by atoms with van der Waals surface area (Å²) in [6.45, 7) is 23.4. The number of aromatic nitrogens is 4. The fourth-order valence-electron chi connectivity index (χ4n) is 12.3. The van der Waals surface area contributed by atoms with E-state index in [1.807, 2.05) is 127 Å². The molecule has 406 valence electrons. The lowest BCUT2D eigenvalue weighted by Gasteiger charge is -2.18. The second-order valence-electron chi connectivity index (χ2n) is 21.8. The van der Waals surface area contributed by atoms with Crippen molar-refractivity contribution in [2.75, 3.05) is 0 Å². The second kappa shape index (κ2) is 21.8. The molecule has 12 aromatic carbocycles. The molecular weight excluding hydrogens is 1070 g/mol. The largest absolute Gasteiger partial charge is 0.309 e. The summed E-state index contributed by atoms with van der Waals surface area (Å²) in [5, 5.41) is 14.1. The topological polar surface area (TPSA) is 72.5 Å². The third kappa shape index (κ3) is 9.36. The van der Waals surface area contributed by atoms with Crippen molar-refractivity contribution >= 4 is 60.7 Å². The lowest BCUT2D eigenvalue weighted by Crippen LogP contribution is -2.00. The normalized spacial score (nSPS) is 11.1. The molecule has 8 nitrogen and oxygen atoms in total. The van der Waals surface area contributed by atoms with Crippen LogP contribution in [-0.2, 0) is 0 Å². The van der Waals surface area contributed by atoms with Crippen molar-refractivity contribution in [2.24, 2.45) is 0 Å². The Morgan fingerprint density at radius 2 is 0.705 bits per heavy atom. The van der Waals surface area contributed by atoms with Gasteiger partial charge in [0.15, 0.2) is 22.9 Å². The smallest absolute Gasteiger partial charge is 0.187 e. The molecule has 15 rings (SSSR count). The third-order valence-electron chi connectivity index (χ3n) is 16.6. The van der Waals surface area contributed by atoms with Crippen LogP contribution in [0.4, 0.5) is 17.1 Å². The fourth-order valence-corrected chi connectivity index (χ4v) is 12.3. The summed E-state index contributed by atoms with van der Waals surface area (Å²) in [5.74, 6) is 0.622. The zero-order valence-electron chi connectivity index (χ0n) is 47.1. The summed E-state index contributed by atoms with van der Waals surface area (Å²) >= 11 is 0. The maximum absolute atomic E-state index is 9.97. The third-order valence-corrected chi connectivity index (χ3v) is 16.6. The van der Waals surface area contributed by atoms with Gasteiger partial charge in [0.25, 0.3) is 0 Å². The molecule has 0 amide bonds. The molecule has 0 radical (unpaired) electrons. The van der Waals surface area contributed by atoms with Crippen LogP contribution in [0, 0.1) is 31.0 Å². The van der Waals surface area contributed by atoms with Crippen molar-refractivity contribution in [2.45, 2.75) is 0 Å². The Morgan fingerprint density at radius 3 is 1.19 bits per heavy atom. The Kier molecular flexibility index (Phi) is 12.9. The molecule has 0 aliphatic heterocycles. The first-order valence-corrected chi connectivity index (χ1v) is 28.7. The minimum Gasteiger partial charge on any atom is -0.309 e.